The summed E-state index contributed by atoms with van der Waals surface area (Å²) in [6, 6.07) is 4.67. The van der Waals surface area contributed by atoms with Crippen molar-refractivity contribution >= 4 is 23.2 Å². The molecule has 0 spiro atoms. The van der Waals surface area contributed by atoms with E-state index in [1.165, 1.54) is 6.07 Å². The first-order valence-electron chi connectivity index (χ1n) is 5.66. The van der Waals surface area contributed by atoms with Crippen LogP contribution >= 0.6 is 23.2 Å². The summed E-state index contributed by atoms with van der Waals surface area (Å²) in [5, 5.41) is 0.769. The quantitative estimate of drug-likeness (QED) is 0.766. The largest absolute Gasteiger partial charge is 0.456 e. The zero-order valence-corrected chi connectivity index (χ0v) is 12.0. The van der Waals surface area contributed by atoms with Crippen molar-refractivity contribution in [2.24, 2.45) is 5.41 Å². The van der Waals surface area contributed by atoms with Gasteiger partial charge in [0.2, 0.25) is 0 Å². The van der Waals surface area contributed by atoms with Gasteiger partial charge in [-0.1, -0.05) is 44.0 Å². The third-order valence-electron chi connectivity index (χ3n) is 3.22. The summed E-state index contributed by atoms with van der Waals surface area (Å²) >= 11 is 11.7. The molecule has 0 aromatic heterocycles. The molecule has 100 valence electrons. The molecule has 1 aromatic rings. The predicted octanol–water partition coefficient (Wildman–Crippen LogP) is 4.48. The zero-order valence-electron chi connectivity index (χ0n) is 10.5. The van der Waals surface area contributed by atoms with Crippen molar-refractivity contribution < 1.29 is 13.9 Å². The van der Waals surface area contributed by atoms with Gasteiger partial charge in [0.05, 0.1) is 11.6 Å². The summed E-state index contributed by atoms with van der Waals surface area (Å²) in [6.45, 7) is 6.10. The fourth-order valence-corrected chi connectivity index (χ4v) is 2.21. The lowest BCUT2D eigenvalue weighted by Gasteiger charge is -2.30. The molecule has 2 rings (SSSR count). The first kappa shape index (κ1) is 13.9. The smallest absolute Gasteiger partial charge is 0.269 e. The van der Waals surface area contributed by atoms with Crippen molar-refractivity contribution in [3.05, 3.63) is 28.2 Å². The normalized spacial score (nSPS) is 24.8. The summed E-state index contributed by atoms with van der Waals surface area (Å²) in [5.41, 5.74) is -1.23. The standard InChI is InChI=1S/C13H15Cl2FO2/c1-12(2,3)13(7-17-13)11(16)18-10-5-4-8(14)6-9(10)15/h4-6,11H,7H2,1-3H3. The van der Waals surface area contributed by atoms with Gasteiger partial charge in [-0.3, -0.25) is 0 Å². The maximum atomic E-state index is 14.3. The van der Waals surface area contributed by atoms with Gasteiger partial charge in [-0.15, -0.1) is 0 Å². The first-order chi connectivity index (χ1) is 8.26. The Morgan fingerprint density at radius 1 is 1.39 bits per heavy atom. The van der Waals surface area contributed by atoms with Crippen LogP contribution in [0.15, 0.2) is 18.2 Å². The van der Waals surface area contributed by atoms with Gasteiger partial charge < -0.3 is 9.47 Å². The Kier molecular flexibility index (Phi) is 3.52. The van der Waals surface area contributed by atoms with Crippen LogP contribution in [0.4, 0.5) is 4.39 Å². The van der Waals surface area contributed by atoms with E-state index in [0.717, 1.165) is 0 Å². The lowest BCUT2D eigenvalue weighted by Crippen LogP contribution is -2.42. The molecule has 1 heterocycles. The van der Waals surface area contributed by atoms with Gasteiger partial charge in [0.25, 0.3) is 6.36 Å². The average molecular weight is 293 g/mol. The van der Waals surface area contributed by atoms with Gasteiger partial charge in [0.1, 0.15) is 5.75 Å². The van der Waals surface area contributed by atoms with Crippen LogP contribution in [0.2, 0.25) is 10.0 Å². The van der Waals surface area contributed by atoms with Gasteiger partial charge in [-0.05, 0) is 23.6 Å². The molecule has 1 aliphatic rings. The molecule has 1 aromatic carbocycles. The van der Waals surface area contributed by atoms with Crippen LogP contribution in [-0.2, 0) is 4.74 Å². The molecule has 1 fully saturated rings. The van der Waals surface area contributed by atoms with Crippen molar-refractivity contribution in [2.45, 2.75) is 32.7 Å². The molecule has 5 heteroatoms. The number of rotatable bonds is 3. The Balaban J connectivity index is 2.15. The third-order valence-corrected chi connectivity index (χ3v) is 3.75. The second-order valence-corrected chi connectivity index (χ2v) is 6.28. The van der Waals surface area contributed by atoms with Crippen molar-refractivity contribution in [3.8, 4) is 5.75 Å². The summed E-state index contributed by atoms with van der Waals surface area (Å²) in [6.07, 6.45) is -1.56. The lowest BCUT2D eigenvalue weighted by atomic mass is 9.81. The molecule has 1 aliphatic heterocycles. The Hall–Kier alpha value is -0.510. The van der Waals surface area contributed by atoms with E-state index in [4.69, 9.17) is 32.7 Å². The number of epoxide rings is 1. The number of hydrogen-bond donors (Lipinski definition) is 0. The topological polar surface area (TPSA) is 21.8 Å². The zero-order chi connectivity index (χ0) is 13.6. The van der Waals surface area contributed by atoms with Crippen LogP contribution in [0.5, 0.6) is 5.75 Å². The van der Waals surface area contributed by atoms with Crippen LogP contribution in [0.1, 0.15) is 20.8 Å². The SMILES string of the molecule is CC(C)(C)C1(C(F)Oc2ccc(Cl)cc2Cl)CO1. The van der Waals surface area contributed by atoms with Crippen molar-refractivity contribution in [3.63, 3.8) is 0 Å². The van der Waals surface area contributed by atoms with E-state index < -0.39 is 12.0 Å². The summed E-state index contributed by atoms with van der Waals surface area (Å²) in [5.74, 6) is 0.271. The Labute approximate surface area is 116 Å². The van der Waals surface area contributed by atoms with Gasteiger partial charge in [0, 0.05) is 5.02 Å². The minimum absolute atomic E-state index is 0.271. The maximum absolute atomic E-state index is 14.3. The van der Waals surface area contributed by atoms with Gasteiger partial charge in [-0.2, -0.15) is 4.39 Å². The molecule has 0 bridgehead atoms. The van der Waals surface area contributed by atoms with E-state index in [0.29, 0.717) is 11.6 Å². The number of ether oxygens (including phenoxy) is 2. The molecule has 0 radical (unpaired) electrons. The molecule has 0 aliphatic carbocycles. The van der Waals surface area contributed by atoms with Crippen molar-refractivity contribution in [1.29, 1.82) is 0 Å². The molecule has 18 heavy (non-hydrogen) atoms. The fraction of sp³-hybridized carbons (Fsp3) is 0.538. The highest BCUT2D eigenvalue weighted by atomic mass is 35.5. The third kappa shape index (κ3) is 2.44. The second kappa shape index (κ2) is 4.55. The van der Waals surface area contributed by atoms with E-state index in [2.05, 4.69) is 0 Å². The number of alkyl halides is 1. The molecular formula is C13H15Cl2FO2. The van der Waals surface area contributed by atoms with Gasteiger partial charge >= 0.3 is 0 Å². The minimum atomic E-state index is -1.56. The highest BCUT2D eigenvalue weighted by molar-refractivity contribution is 6.35. The lowest BCUT2D eigenvalue weighted by molar-refractivity contribution is -0.0543. The predicted molar refractivity (Wildman–Crippen MR) is 70.1 cm³/mol. The van der Waals surface area contributed by atoms with Crippen LogP contribution in [0.3, 0.4) is 0 Å². The summed E-state index contributed by atoms with van der Waals surface area (Å²) in [7, 11) is 0. The van der Waals surface area contributed by atoms with E-state index in [9.17, 15) is 4.39 Å². The molecule has 2 unspecified atom stereocenters. The molecule has 0 N–H and O–H groups in total. The second-order valence-electron chi connectivity index (χ2n) is 5.44. The minimum Gasteiger partial charge on any atom is -0.456 e. The van der Waals surface area contributed by atoms with Crippen molar-refractivity contribution in [1.82, 2.24) is 0 Å². The number of halogens is 3. The maximum Gasteiger partial charge on any atom is 0.269 e. The van der Waals surface area contributed by atoms with Crippen LogP contribution < -0.4 is 4.74 Å². The highest BCUT2D eigenvalue weighted by Gasteiger charge is 2.62. The van der Waals surface area contributed by atoms with Crippen LogP contribution in [0, 0.1) is 5.41 Å². The molecular weight excluding hydrogens is 278 g/mol. The Bertz CT molecular complexity index is 453. The van der Waals surface area contributed by atoms with Crippen molar-refractivity contribution in [2.75, 3.05) is 6.61 Å². The molecule has 2 nitrogen and oxygen atoms in total. The van der Waals surface area contributed by atoms with E-state index in [-0.39, 0.29) is 16.2 Å². The molecule has 0 amide bonds. The van der Waals surface area contributed by atoms with Crippen LogP contribution in [-0.4, -0.2) is 18.6 Å². The molecule has 1 saturated heterocycles. The molecule has 2 atom stereocenters. The van der Waals surface area contributed by atoms with Gasteiger partial charge in [-0.25, -0.2) is 0 Å². The summed E-state index contributed by atoms with van der Waals surface area (Å²) < 4.78 is 24.8. The van der Waals surface area contributed by atoms with E-state index in [1.807, 2.05) is 20.8 Å². The van der Waals surface area contributed by atoms with Gasteiger partial charge in [0.15, 0.2) is 5.60 Å². The van der Waals surface area contributed by atoms with Crippen LogP contribution in [0.25, 0.3) is 0 Å². The first-order valence-corrected chi connectivity index (χ1v) is 6.41. The fourth-order valence-electron chi connectivity index (χ4n) is 1.76. The Morgan fingerprint density at radius 3 is 2.44 bits per heavy atom. The monoisotopic (exact) mass is 292 g/mol. The van der Waals surface area contributed by atoms with E-state index >= 15 is 0 Å². The summed E-state index contributed by atoms with van der Waals surface area (Å²) in [4.78, 5) is 0. The highest BCUT2D eigenvalue weighted by Crippen LogP contribution is 2.48. The number of benzene rings is 1. The average Bonchev–Trinajstić information content (AvgIpc) is 3.01. The Morgan fingerprint density at radius 2 is 2.00 bits per heavy atom. The van der Waals surface area contributed by atoms with E-state index in [1.54, 1.807) is 12.1 Å². The molecule has 0 saturated carbocycles. The number of hydrogen-bond acceptors (Lipinski definition) is 2.